The molecule has 0 spiro atoms. The van der Waals surface area contributed by atoms with Gasteiger partial charge in [-0.3, -0.25) is 9.52 Å². The van der Waals surface area contributed by atoms with Crippen LogP contribution in [0.4, 0.5) is 5.69 Å². The molecule has 0 amide bonds. The molecule has 0 aromatic heterocycles. The van der Waals surface area contributed by atoms with Gasteiger partial charge in [0.1, 0.15) is 11.5 Å². The number of nitrogens with one attached hydrogen (secondary N) is 1. The van der Waals surface area contributed by atoms with E-state index in [0.717, 1.165) is 15.4 Å². The summed E-state index contributed by atoms with van der Waals surface area (Å²) in [6.45, 7) is 1.54. The molecule has 1 aliphatic rings. The summed E-state index contributed by atoms with van der Waals surface area (Å²) in [5.41, 5.74) is 1.82. The highest BCUT2D eigenvalue weighted by Crippen LogP contribution is 2.33. The molecule has 1 aliphatic heterocycles. The number of rotatable bonds is 5. The van der Waals surface area contributed by atoms with Gasteiger partial charge in [0.05, 0.1) is 5.69 Å². The van der Waals surface area contributed by atoms with Gasteiger partial charge in [-0.05, 0) is 36.6 Å². The van der Waals surface area contributed by atoms with Crippen LogP contribution in [0.15, 0.2) is 60.9 Å². The van der Waals surface area contributed by atoms with E-state index in [4.69, 9.17) is 0 Å². The van der Waals surface area contributed by atoms with Crippen LogP contribution in [0.5, 0.6) is 5.75 Å². The normalized spacial score (nSPS) is 16.4. The van der Waals surface area contributed by atoms with Crippen molar-refractivity contribution in [3.63, 3.8) is 0 Å². The molecule has 1 heterocycles. The predicted molar refractivity (Wildman–Crippen MR) is 95.3 cm³/mol. The van der Waals surface area contributed by atoms with Crippen molar-refractivity contribution >= 4 is 21.7 Å². The fourth-order valence-electron chi connectivity index (χ4n) is 2.83. The maximum absolute atomic E-state index is 12.0. The van der Waals surface area contributed by atoms with Crippen molar-refractivity contribution in [3.05, 3.63) is 72.1 Å². The van der Waals surface area contributed by atoms with Gasteiger partial charge in [0.25, 0.3) is 0 Å². The molecule has 1 atom stereocenters. The summed E-state index contributed by atoms with van der Waals surface area (Å²) >= 11 is 0. The maximum atomic E-state index is 12.0. The second-order valence-corrected chi connectivity index (χ2v) is 7.41. The van der Waals surface area contributed by atoms with Crippen molar-refractivity contribution in [1.82, 2.24) is 4.72 Å². The van der Waals surface area contributed by atoms with E-state index in [2.05, 4.69) is 4.72 Å². The van der Waals surface area contributed by atoms with E-state index in [1.807, 2.05) is 30.3 Å². The molecule has 0 fully saturated rings. The molecule has 0 saturated heterocycles. The minimum atomic E-state index is -3.70. The average Bonchev–Trinajstić information content (AvgIpc) is 2.92. The van der Waals surface area contributed by atoms with Gasteiger partial charge >= 0.3 is 10.2 Å². The Labute approximate surface area is 146 Å². The van der Waals surface area contributed by atoms with Crippen LogP contribution in [0, 0.1) is 0 Å². The first kappa shape index (κ1) is 17.0. The van der Waals surface area contributed by atoms with Crippen molar-refractivity contribution in [2.45, 2.75) is 19.3 Å². The van der Waals surface area contributed by atoms with E-state index in [1.54, 1.807) is 13.0 Å². The van der Waals surface area contributed by atoms with Gasteiger partial charge in [-0.1, -0.05) is 36.4 Å². The quantitative estimate of drug-likeness (QED) is 0.859. The third-order valence-corrected chi connectivity index (χ3v) is 5.37. The zero-order chi connectivity index (χ0) is 18.0. The first-order chi connectivity index (χ1) is 11.9. The number of phenolic OH excluding ortho intramolecular Hbond substituents is 1. The van der Waals surface area contributed by atoms with E-state index < -0.39 is 10.2 Å². The molecule has 25 heavy (non-hydrogen) atoms. The Hall–Kier alpha value is -2.80. The summed E-state index contributed by atoms with van der Waals surface area (Å²) in [6.07, 6.45) is 3.03. The summed E-state index contributed by atoms with van der Waals surface area (Å²) in [6, 6.07) is 14.2. The predicted octanol–water partition coefficient (Wildman–Crippen LogP) is 2.43. The van der Waals surface area contributed by atoms with Crippen molar-refractivity contribution in [1.29, 1.82) is 0 Å². The Bertz CT molecular complexity index is 923. The second kappa shape index (κ2) is 6.60. The highest BCUT2D eigenvalue weighted by Gasteiger charge is 2.26. The van der Waals surface area contributed by atoms with E-state index in [9.17, 15) is 18.3 Å². The largest absolute Gasteiger partial charge is 0.506 e. The van der Waals surface area contributed by atoms with Crippen molar-refractivity contribution in [2.24, 2.45) is 0 Å². The zero-order valence-electron chi connectivity index (χ0n) is 13.6. The van der Waals surface area contributed by atoms with E-state index in [-0.39, 0.29) is 23.1 Å². The lowest BCUT2D eigenvalue weighted by molar-refractivity contribution is -0.118. The second-order valence-electron chi connectivity index (χ2n) is 5.84. The molecule has 2 aromatic rings. The molecule has 0 saturated carbocycles. The Morgan fingerprint density at radius 3 is 2.48 bits per heavy atom. The number of hydrogen-bond acceptors (Lipinski definition) is 4. The smallest absolute Gasteiger partial charge is 0.327 e. The number of anilines is 1. The molecule has 2 N–H and O–H groups in total. The molecule has 7 heteroatoms. The third kappa shape index (κ3) is 3.51. The third-order valence-electron chi connectivity index (χ3n) is 4.10. The van der Waals surface area contributed by atoms with Crippen LogP contribution in [-0.4, -0.2) is 19.3 Å². The number of benzene rings is 2. The van der Waals surface area contributed by atoms with Gasteiger partial charge < -0.3 is 5.11 Å². The lowest BCUT2D eigenvalue weighted by Gasteiger charge is -2.18. The molecule has 3 rings (SSSR count). The fourth-order valence-corrected chi connectivity index (χ4v) is 3.81. The first-order valence-corrected chi connectivity index (χ1v) is 9.18. The molecule has 6 nitrogen and oxygen atoms in total. The summed E-state index contributed by atoms with van der Waals surface area (Å²) in [4.78, 5) is 12.0. The van der Waals surface area contributed by atoms with Gasteiger partial charge in [-0.25, -0.2) is 4.31 Å². The standard InChI is InChI=1S/C18H18N2O4S/c1-13(21)16(15-5-3-2-4-6-15)11-14-7-8-17(18(22)12-14)20-10-9-19-25(20,23)24/h2-10,12,16,19,22H,11H2,1H3. The van der Waals surface area contributed by atoms with Crippen LogP contribution >= 0.6 is 0 Å². The van der Waals surface area contributed by atoms with Gasteiger partial charge in [-0.15, -0.1) is 0 Å². The molecular weight excluding hydrogens is 340 g/mol. The van der Waals surface area contributed by atoms with Crippen LogP contribution in [-0.2, 0) is 21.4 Å². The summed E-state index contributed by atoms with van der Waals surface area (Å²) in [5.74, 6) is -0.447. The lowest BCUT2D eigenvalue weighted by atomic mass is 9.89. The molecular formula is C18H18N2O4S. The topological polar surface area (TPSA) is 86.7 Å². The highest BCUT2D eigenvalue weighted by molar-refractivity contribution is 7.91. The number of carbonyl (C=O) groups is 1. The SMILES string of the molecule is CC(=O)C(Cc1ccc(N2C=CNS2(=O)=O)c(O)c1)c1ccccc1. The molecule has 2 aromatic carbocycles. The molecule has 0 radical (unpaired) electrons. The van der Waals surface area contributed by atoms with Crippen LogP contribution < -0.4 is 9.03 Å². The van der Waals surface area contributed by atoms with Gasteiger partial charge in [0, 0.05) is 18.3 Å². The Morgan fingerprint density at radius 1 is 1.20 bits per heavy atom. The zero-order valence-corrected chi connectivity index (χ0v) is 14.4. The number of carbonyl (C=O) groups excluding carboxylic acids is 1. The highest BCUT2D eigenvalue weighted by atomic mass is 32.2. The number of hydrogen-bond donors (Lipinski definition) is 2. The molecule has 130 valence electrons. The monoisotopic (exact) mass is 358 g/mol. The summed E-state index contributed by atoms with van der Waals surface area (Å²) in [5, 5.41) is 10.3. The molecule has 0 bridgehead atoms. The number of Topliss-reactive ketones (excluding diaryl/α,β-unsaturated/α-hetero) is 1. The minimum absolute atomic E-state index is 0.0315. The van der Waals surface area contributed by atoms with Gasteiger partial charge in [0.2, 0.25) is 0 Å². The van der Waals surface area contributed by atoms with Crippen molar-refractivity contribution in [3.8, 4) is 5.75 Å². The van der Waals surface area contributed by atoms with Crippen LogP contribution in [0.25, 0.3) is 0 Å². The van der Waals surface area contributed by atoms with Crippen molar-refractivity contribution < 1.29 is 18.3 Å². The maximum Gasteiger partial charge on any atom is 0.327 e. The Kier molecular flexibility index (Phi) is 4.50. The molecule has 1 unspecified atom stereocenters. The van der Waals surface area contributed by atoms with Gasteiger partial charge in [-0.2, -0.15) is 8.42 Å². The fraction of sp³-hybridized carbons (Fsp3) is 0.167. The number of aromatic hydroxyl groups is 1. The average molecular weight is 358 g/mol. The lowest BCUT2D eigenvalue weighted by Crippen LogP contribution is -2.28. The van der Waals surface area contributed by atoms with Crippen LogP contribution in [0.3, 0.4) is 0 Å². The first-order valence-electron chi connectivity index (χ1n) is 7.74. The van der Waals surface area contributed by atoms with E-state index in [0.29, 0.717) is 6.42 Å². The Morgan fingerprint density at radius 2 is 1.92 bits per heavy atom. The van der Waals surface area contributed by atoms with Crippen LogP contribution in [0.2, 0.25) is 0 Å². The van der Waals surface area contributed by atoms with Gasteiger partial charge in [0.15, 0.2) is 0 Å². The number of phenols is 1. The summed E-state index contributed by atoms with van der Waals surface area (Å²) < 4.78 is 26.9. The van der Waals surface area contributed by atoms with E-state index in [1.165, 1.54) is 24.5 Å². The van der Waals surface area contributed by atoms with Crippen molar-refractivity contribution in [2.75, 3.05) is 4.31 Å². The number of ketones is 1. The molecule has 0 aliphatic carbocycles. The number of nitrogens with zero attached hydrogens (tertiary/aromatic N) is 1. The Balaban J connectivity index is 1.88. The minimum Gasteiger partial charge on any atom is -0.506 e. The summed E-state index contributed by atoms with van der Waals surface area (Å²) in [7, 11) is -3.70. The van der Waals surface area contributed by atoms with Crippen LogP contribution in [0.1, 0.15) is 24.0 Å². The van der Waals surface area contributed by atoms with E-state index >= 15 is 0 Å².